The Balaban J connectivity index is 1.83. The van der Waals surface area contributed by atoms with E-state index >= 15 is 0 Å². The molecule has 134 valence electrons. The van der Waals surface area contributed by atoms with Crippen LogP contribution in [0.25, 0.3) is 44.5 Å². The van der Waals surface area contributed by atoms with Crippen LogP contribution in [0.4, 0.5) is 0 Å². The van der Waals surface area contributed by atoms with Gasteiger partial charge >= 0.3 is 5.63 Å². The fourth-order valence-corrected chi connectivity index (χ4v) is 3.43. The standard InChI is InChI=1S/C23H13ClN2O2/c24-16-10-11-19-17(13-16)21(14-6-2-1-3-7-14)26-22(25-19)18-12-15-8-4-5-9-20(15)28-23(18)27/h1-13H. The minimum Gasteiger partial charge on any atom is -0.422 e. The van der Waals surface area contributed by atoms with E-state index in [4.69, 9.17) is 21.0 Å². The number of fused-ring (bicyclic) bond motifs is 2. The van der Waals surface area contributed by atoms with Crippen LogP contribution in [-0.2, 0) is 0 Å². The molecule has 0 unspecified atom stereocenters. The predicted octanol–water partition coefficient (Wildman–Crippen LogP) is 5.72. The minimum atomic E-state index is -0.467. The van der Waals surface area contributed by atoms with E-state index in [1.807, 2.05) is 60.7 Å². The van der Waals surface area contributed by atoms with Crippen LogP contribution in [-0.4, -0.2) is 9.97 Å². The van der Waals surface area contributed by atoms with Crippen molar-refractivity contribution < 1.29 is 4.42 Å². The van der Waals surface area contributed by atoms with Crippen molar-refractivity contribution >= 4 is 33.5 Å². The Kier molecular flexibility index (Phi) is 3.92. The summed E-state index contributed by atoms with van der Waals surface area (Å²) < 4.78 is 5.47. The normalized spacial score (nSPS) is 11.2. The van der Waals surface area contributed by atoms with Gasteiger partial charge < -0.3 is 4.42 Å². The van der Waals surface area contributed by atoms with Crippen molar-refractivity contribution in [2.75, 3.05) is 0 Å². The van der Waals surface area contributed by atoms with Crippen LogP contribution in [0.1, 0.15) is 0 Å². The number of aromatic nitrogens is 2. The summed E-state index contributed by atoms with van der Waals surface area (Å²) in [6.45, 7) is 0. The van der Waals surface area contributed by atoms with Crippen molar-refractivity contribution in [2.24, 2.45) is 0 Å². The second-order valence-corrected chi connectivity index (χ2v) is 6.85. The molecule has 2 aromatic heterocycles. The first-order chi connectivity index (χ1) is 13.7. The molecule has 0 saturated heterocycles. The Morgan fingerprint density at radius 3 is 2.46 bits per heavy atom. The number of nitrogens with zero attached hydrogens (tertiary/aromatic N) is 2. The molecule has 5 rings (SSSR count). The van der Waals surface area contributed by atoms with Crippen LogP contribution >= 0.6 is 11.6 Å². The van der Waals surface area contributed by atoms with E-state index in [1.165, 1.54) is 0 Å². The zero-order valence-corrected chi connectivity index (χ0v) is 15.4. The lowest BCUT2D eigenvalue weighted by Gasteiger charge is -2.09. The highest BCUT2D eigenvalue weighted by molar-refractivity contribution is 6.31. The number of hydrogen-bond donors (Lipinski definition) is 0. The predicted molar refractivity (Wildman–Crippen MR) is 111 cm³/mol. The number of para-hydroxylation sites is 1. The molecule has 0 radical (unpaired) electrons. The fraction of sp³-hybridized carbons (Fsp3) is 0. The second-order valence-electron chi connectivity index (χ2n) is 6.41. The molecule has 2 heterocycles. The summed E-state index contributed by atoms with van der Waals surface area (Å²) in [4.78, 5) is 21.9. The number of rotatable bonds is 2. The van der Waals surface area contributed by atoms with Gasteiger partial charge in [-0.05, 0) is 30.3 Å². The maximum Gasteiger partial charge on any atom is 0.347 e. The lowest BCUT2D eigenvalue weighted by molar-refractivity contribution is 0.563. The third-order valence-corrected chi connectivity index (χ3v) is 4.82. The van der Waals surface area contributed by atoms with Crippen LogP contribution in [0.3, 0.4) is 0 Å². The van der Waals surface area contributed by atoms with Crippen molar-refractivity contribution in [1.82, 2.24) is 9.97 Å². The maximum absolute atomic E-state index is 12.6. The Morgan fingerprint density at radius 2 is 1.61 bits per heavy atom. The highest BCUT2D eigenvalue weighted by atomic mass is 35.5. The van der Waals surface area contributed by atoms with Crippen LogP contribution in [0.5, 0.6) is 0 Å². The Hall–Kier alpha value is -3.50. The zero-order chi connectivity index (χ0) is 19.1. The lowest BCUT2D eigenvalue weighted by atomic mass is 10.1. The Bertz CT molecular complexity index is 1390. The average Bonchev–Trinajstić information content (AvgIpc) is 2.73. The summed E-state index contributed by atoms with van der Waals surface area (Å²) >= 11 is 6.20. The molecule has 0 bridgehead atoms. The van der Waals surface area contributed by atoms with Gasteiger partial charge in [0.1, 0.15) is 11.1 Å². The van der Waals surface area contributed by atoms with Crippen molar-refractivity contribution in [2.45, 2.75) is 0 Å². The van der Waals surface area contributed by atoms with Crippen LogP contribution in [0, 0.1) is 0 Å². The quantitative estimate of drug-likeness (QED) is 0.365. The first kappa shape index (κ1) is 16.7. The van der Waals surface area contributed by atoms with E-state index in [0.29, 0.717) is 27.5 Å². The number of hydrogen-bond acceptors (Lipinski definition) is 4. The van der Waals surface area contributed by atoms with E-state index in [-0.39, 0.29) is 0 Å². The monoisotopic (exact) mass is 384 g/mol. The smallest absolute Gasteiger partial charge is 0.347 e. The largest absolute Gasteiger partial charge is 0.422 e. The molecule has 5 heteroatoms. The summed E-state index contributed by atoms with van der Waals surface area (Å²) in [5, 5.41) is 2.25. The Morgan fingerprint density at radius 1 is 0.821 bits per heavy atom. The third-order valence-electron chi connectivity index (χ3n) is 4.59. The molecule has 28 heavy (non-hydrogen) atoms. The summed E-state index contributed by atoms with van der Waals surface area (Å²) in [6, 6.07) is 24.4. The van der Waals surface area contributed by atoms with Crippen molar-refractivity contribution in [1.29, 1.82) is 0 Å². The van der Waals surface area contributed by atoms with Gasteiger partial charge in [0.25, 0.3) is 0 Å². The highest BCUT2D eigenvalue weighted by Gasteiger charge is 2.15. The van der Waals surface area contributed by atoms with Gasteiger partial charge in [0.2, 0.25) is 0 Å². The van der Waals surface area contributed by atoms with Crippen molar-refractivity contribution in [3.63, 3.8) is 0 Å². The first-order valence-electron chi connectivity index (χ1n) is 8.75. The Labute approximate surface area is 165 Å². The third kappa shape index (κ3) is 2.84. The fourth-order valence-electron chi connectivity index (χ4n) is 3.26. The van der Waals surface area contributed by atoms with E-state index in [0.717, 1.165) is 22.0 Å². The van der Waals surface area contributed by atoms with Gasteiger partial charge in [0.15, 0.2) is 5.82 Å². The first-order valence-corrected chi connectivity index (χ1v) is 9.13. The summed E-state index contributed by atoms with van der Waals surface area (Å²) in [7, 11) is 0. The van der Waals surface area contributed by atoms with Gasteiger partial charge in [-0.15, -0.1) is 0 Å². The molecule has 0 aliphatic carbocycles. The molecular formula is C23H13ClN2O2. The SMILES string of the molecule is O=c1oc2ccccc2cc1-c1nc(-c2ccccc2)c2cc(Cl)ccc2n1. The lowest BCUT2D eigenvalue weighted by Crippen LogP contribution is -2.06. The molecule has 0 amide bonds. The molecule has 0 aliphatic heterocycles. The van der Waals surface area contributed by atoms with Gasteiger partial charge in [-0.3, -0.25) is 0 Å². The van der Waals surface area contributed by atoms with Crippen LogP contribution < -0.4 is 5.63 Å². The molecule has 0 fully saturated rings. The van der Waals surface area contributed by atoms with E-state index in [2.05, 4.69) is 4.98 Å². The molecule has 0 aliphatic rings. The van der Waals surface area contributed by atoms with Gasteiger partial charge in [0.05, 0.1) is 11.2 Å². The van der Waals surface area contributed by atoms with Gasteiger partial charge in [-0.25, -0.2) is 14.8 Å². The van der Waals surface area contributed by atoms with E-state index in [9.17, 15) is 4.79 Å². The molecule has 0 atom stereocenters. The minimum absolute atomic E-state index is 0.327. The summed E-state index contributed by atoms with van der Waals surface area (Å²) in [6.07, 6.45) is 0. The maximum atomic E-state index is 12.6. The summed E-state index contributed by atoms with van der Waals surface area (Å²) in [5.74, 6) is 0.327. The average molecular weight is 385 g/mol. The van der Waals surface area contributed by atoms with Gasteiger partial charge in [0, 0.05) is 21.4 Å². The van der Waals surface area contributed by atoms with Gasteiger partial charge in [-0.2, -0.15) is 0 Å². The van der Waals surface area contributed by atoms with Crippen LogP contribution in [0.2, 0.25) is 5.02 Å². The van der Waals surface area contributed by atoms with Crippen molar-refractivity contribution in [3.05, 3.63) is 94.3 Å². The second kappa shape index (κ2) is 6.59. The summed E-state index contributed by atoms with van der Waals surface area (Å²) in [5.41, 5.74) is 2.74. The molecular weight excluding hydrogens is 372 g/mol. The molecule has 3 aromatic carbocycles. The topological polar surface area (TPSA) is 56.0 Å². The van der Waals surface area contributed by atoms with E-state index in [1.54, 1.807) is 18.2 Å². The van der Waals surface area contributed by atoms with Crippen molar-refractivity contribution in [3.8, 4) is 22.6 Å². The van der Waals surface area contributed by atoms with Crippen LogP contribution in [0.15, 0.2) is 88.1 Å². The molecule has 0 spiro atoms. The highest BCUT2D eigenvalue weighted by Crippen LogP contribution is 2.30. The molecule has 0 saturated carbocycles. The molecule has 5 aromatic rings. The molecule has 4 nitrogen and oxygen atoms in total. The number of halogens is 1. The number of benzene rings is 3. The zero-order valence-electron chi connectivity index (χ0n) is 14.6. The molecule has 0 N–H and O–H groups in total. The van der Waals surface area contributed by atoms with Gasteiger partial charge in [-0.1, -0.05) is 60.1 Å². The van der Waals surface area contributed by atoms with E-state index < -0.39 is 5.63 Å².